The Kier molecular flexibility index (Phi) is 4.02. The van der Waals surface area contributed by atoms with Crippen molar-refractivity contribution in [2.24, 2.45) is 0 Å². The lowest BCUT2D eigenvalue weighted by Gasteiger charge is -2.07. The van der Waals surface area contributed by atoms with Crippen molar-refractivity contribution in [1.29, 1.82) is 0 Å². The fraction of sp³-hybridized carbons (Fsp3) is 0.231. The molecular weight excluding hydrogens is 244 g/mol. The molecule has 0 aliphatic rings. The summed E-state index contributed by atoms with van der Waals surface area (Å²) in [5.41, 5.74) is 1.65. The summed E-state index contributed by atoms with van der Waals surface area (Å²) in [6.45, 7) is 2.00. The smallest absolute Gasteiger partial charge is 0.324 e. The van der Waals surface area contributed by atoms with E-state index in [1.165, 1.54) is 0 Å². The molecule has 0 saturated carbocycles. The number of ether oxygens (including phenoxy) is 1. The molecule has 100 valence electrons. The Morgan fingerprint density at radius 3 is 2.68 bits per heavy atom. The van der Waals surface area contributed by atoms with E-state index < -0.39 is 0 Å². The van der Waals surface area contributed by atoms with Gasteiger partial charge in [0.1, 0.15) is 11.6 Å². The van der Waals surface area contributed by atoms with Crippen LogP contribution in [-0.2, 0) is 6.42 Å². The molecule has 0 bridgehead atoms. The number of urea groups is 1. The number of hydrogen-bond donors (Lipinski definition) is 3. The molecule has 2 amide bonds. The lowest BCUT2D eigenvalue weighted by atomic mass is 10.2. The number of nitrogens with one attached hydrogen (secondary N) is 3. The maximum atomic E-state index is 11.8. The second-order valence-corrected chi connectivity index (χ2v) is 3.93. The summed E-state index contributed by atoms with van der Waals surface area (Å²) in [7, 11) is 1.60. The van der Waals surface area contributed by atoms with Crippen molar-refractivity contribution in [2.45, 2.75) is 13.3 Å². The second-order valence-electron chi connectivity index (χ2n) is 3.93. The lowest BCUT2D eigenvalue weighted by molar-refractivity contribution is 0.262. The molecule has 0 saturated heterocycles. The van der Waals surface area contributed by atoms with Gasteiger partial charge in [0.15, 0.2) is 0 Å². The molecule has 1 heterocycles. The summed E-state index contributed by atoms with van der Waals surface area (Å²) >= 11 is 0. The molecule has 0 aliphatic heterocycles. The third-order valence-electron chi connectivity index (χ3n) is 2.69. The van der Waals surface area contributed by atoms with Crippen molar-refractivity contribution in [2.75, 3.05) is 17.7 Å². The Morgan fingerprint density at radius 2 is 2.05 bits per heavy atom. The normalized spacial score (nSPS) is 10.0. The molecule has 2 rings (SSSR count). The predicted molar refractivity (Wildman–Crippen MR) is 73.6 cm³/mol. The number of aromatic amines is 1. The first-order valence-corrected chi connectivity index (χ1v) is 5.97. The zero-order chi connectivity index (χ0) is 13.7. The molecule has 0 spiro atoms. The molecule has 6 heteroatoms. The highest BCUT2D eigenvalue weighted by Gasteiger charge is 2.07. The number of nitrogens with zero attached hydrogens (tertiary/aromatic N) is 1. The van der Waals surface area contributed by atoms with E-state index >= 15 is 0 Å². The third kappa shape index (κ3) is 3.25. The topological polar surface area (TPSA) is 79.0 Å². The van der Waals surface area contributed by atoms with E-state index in [2.05, 4.69) is 20.8 Å². The quantitative estimate of drug-likeness (QED) is 0.790. The first kappa shape index (κ1) is 12.9. The van der Waals surface area contributed by atoms with Gasteiger partial charge in [-0.3, -0.25) is 10.4 Å². The molecule has 1 aromatic carbocycles. The fourth-order valence-corrected chi connectivity index (χ4v) is 1.64. The monoisotopic (exact) mass is 260 g/mol. The van der Waals surface area contributed by atoms with E-state index in [4.69, 9.17) is 4.74 Å². The molecular formula is C13H16N4O2. The van der Waals surface area contributed by atoms with Gasteiger partial charge in [0.05, 0.1) is 13.3 Å². The molecule has 0 atom stereocenters. The van der Waals surface area contributed by atoms with Gasteiger partial charge in [-0.25, -0.2) is 4.79 Å². The highest BCUT2D eigenvalue weighted by molar-refractivity contribution is 5.99. The molecule has 19 heavy (non-hydrogen) atoms. The maximum Gasteiger partial charge on any atom is 0.324 e. The van der Waals surface area contributed by atoms with Gasteiger partial charge in [0.2, 0.25) is 0 Å². The van der Waals surface area contributed by atoms with Gasteiger partial charge in [-0.05, 0) is 30.7 Å². The Morgan fingerprint density at radius 1 is 1.32 bits per heavy atom. The highest BCUT2D eigenvalue weighted by Crippen LogP contribution is 2.16. The van der Waals surface area contributed by atoms with Crippen molar-refractivity contribution in [3.05, 3.63) is 36.0 Å². The maximum absolute atomic E-state index is 11.8. The second kappa shape index (κ2) is 5.90. The lowest BCUT2D eigenvalue weighted by Crippen LogP contribution is -2.20. The molecule has 0 aliphatic carbocycles. The van der Waals surface area contributed by atoms with Crippen molar-refractivity contribution in [3.63, 3.8) is 0 Å². The van der Waals surface area contributed by atoms with Crippen LogP contribution in [0.5, 0.6) is 5.75 Å². The van der Waals surface area contributed by atoms with Crippen LogP contribution in [0.15, 0.2) is 30.5 Å². The summed E-state index contributed by atoms with van der Waals surface area (Å²) in [5.74, 6) is 1.36. The first-order chi connectivity index (χ1) is 9.22. The van der Waals surface area contributed by atoms with E-state index in [0.717, 1.165) is 17.7 Å². The summed E-state index contributed by atoms with van der Waals surface area (Å²) in [6.07, 6.45) is 2.50. The zero-order valence-corrected chi connectivity index (χ0v) is 10.9. The molecule has 2 aromatic rings. The summed E-state index contributed by atoms with van der Waals surface area (Å²) in [5, 5.41) is 12.1. The fourth-order valence-electron chi connectivity index (χ4n) is 1.64. The van der Waals surface area contributed by atoms with E-state index in [-0.39, 0.29) is 6.03 Å². The molecule has 0 fully saturated rings. The minimum atomic E-state index is -0.316. The van der Waals surface area contributed by atoms with Crippen molar-refractivity contribution in [1.82, 2.24) is 10.2 Å². The molecule has 3 N–H and O–H groups in total. The van der Waals surface area contributed by atoms with Crippen LogP contribution in [0.3, 0.4) is 0 Å². The van der Waals surface area contributed by atoms with Crippen LogP contribution in [0.1, 0.15) is 12.5 Å². The Bertz CT molecular complexity index is 548. The van der Waals surface area contributed by atoms with Gasteiger partial charge in [-0.2, -0.15) is 5.10 Å². The Hall–Kier alpha value is -2.50. The third-order valence-corrected chi connectivity index (χ3v) is 2.69. The summed E-state index contributed by atoms with van der Waals surface area (Å²) < 4.78 is 5.05. The average molecular weight is 260 g/mol. The number of methoxy groups -OCH3 is 1. The largest absolute Gasteiger partial charge is 0.497 e. The molecule has 1 aromatic heterocycles. The number of anilines is 2. The number of carbonyl (C=O) groups is 1. The minimum Gasteiger partial charge on any atom is -0.497 e. The minimum absolute atomic E-state index is 0.316. The van der Waals surface area contributed by atoms with E-state index in [1.54, 1.807) is 37.6 Å². The first-order valence-electron chi connectivity index (χ1n) is 5.97. The van der Waals surface area contributed by atoms with Crippen LogP contribution in [0.2, 0.25) is 0 Å². The van der Waals surface area contributed by atoms with Crippen LogP contribution in [0, 0.1) is 0 Å². The van der Waals surface area contributed by atoms with Crippen LogP contribution >= 0.6 is 0 Å². The van der Waals surface area contributed by atoms with E-state index in [9.17, 15) is 4.79 Å². The Balaban J connectivity index is 1.97. The Labute approximate surface area is 111 Å². The van der Waals surface area contributed by atoms with Gasteiger partial charge < -0.3 is 10.1 Å². The van der Waals surface area contributed by atoms with Crippen LogP contribution in [0.25, 0.3) is 0 Å². The number of H-pyrrole nitrogens is 1. The zero-order valence-electron chi connectivity index (χ0n) is 10.9. The van der Waals surface area contributed by atoms with Gasteiger partial charge in [0, 0.05) is 11.3 Å². The standard InChI is InChI=1S/C13H16N4O2/c1-3-9-8-14-17-12(9)16-13(18)15-10-4-6-11(19-2)7-5-10/h4-8H,3H2,1-2H3,(H3,14,15,16,17,18). The van der Waals surface area contributed by atoms with Crippen molar-refractivity contribution < 1.29 is 9.53 Å². The van der Waals surface area contributed by atoms with Gasteiger partial charge in [0.25, 0.3) is 0 Å². The van der Waals surface area contributed by atoms with Gasteiger partial charge in [-0.1, -0.05) is 6.92 Å². The number of carbonyl (C=O) groups excluding carboxylic acids is 1. The number of amides is 2. The van der Waals surface area contributed by atoms with Gasteiger partial charge in [-0.15, -0.1) is 0 Å². The average Bonchev–Trinajstić information content (AvgIpc) is 2.86. The number of aromatic nitrogens is 2. The molecule has 0 unspecified atom stereocenters. The van der Waals surface area contributed by atoms with E-state index in [1.807, 2.05) is 6.92 Å². The summed E-state index contributed by atoms with van der Waals surface area (Å²) in [4.78, 5) is 11.8. The van der Waals surface area contributed by atoms with Crippen molar-refractivity contribution >= 4 is 17.5 Å². The number of benzene rings is 1. The highest BCUT2D eigenvalue weighted by atomic mass is 16.5. The summed E-state index contributed by atoms with van der Waals surface area (Å²) in [6, 6.07) is 6.79. The molecule has 6 nitrogen and oxygen atoms in total. The van der Waals surface area contributed by atoms with Crippen LogP contribution in [-0.4, -0.2) is 23.3 Å². The molecule has 0 radical (unpaired) electrons. The number of rotatable bonds is 4. The van der Waals surface area contributed by atoms with Crippen LogP contribution < -0.4 is 15.4 Å². The number of hydrogen-bond acceptors (Lipinski definition) is 3. The van der Waals surface area contributed by atoms with E-state index in [0.29, 0.717) is 11.5 Å². The van der Waals surface area contributed by atoms with Gasteiger partial charge >= 0.3 is 6.03 Å². The number of aryl methyl sites for hydroxylation is 1. The van der Waals surface area contributed by atoms with Crippen LogP contribution in [0.4, 0.5) is 16.3 Å². The SMILES string of the molecule is CCc1cn[nH]c1NC(=O)Nc1ccc(OC)cc1. The predicted octanol–water partition coefficient (Wildman–Crippen LogP) is 2.62. The van der Waals surface area contributed by atoms with Crippen molar-refractivity contribution in [3.8, 4) is 5.75 Å².